The van der Waals surface area contributed by atoms with E-state index in [1.807, 2.05) is 50.2 Å². The van der Waals surface area contributed by atoms with Gasteiger partial charge in [0, 0.05) is 11.3 Å². The molecule has 4 rings (SSSR count). The van der Waals surface area contributed by atoms with E-state index in [0.29, 0.717) is 18.5 Å². The molecule has 0 atom stereocenters. The second kappa shape index (κ2) is 9.08. The van der Waals surface area contributed by atoms with Crippen LogP contribution in [-0.2, 0) is 9.59 Å². The molecule has 3 aromatic rings. The van der Waals surface area contributed by atoms with Crippen LogP contribution in [0.1, 0.15) is 39.5 Å². The number of carbonyl (C=O) groups is 3. The molecule has 0 spiro atoms. The van der Waals surface area contributed by atoms with Gasteiger partial charge in [-0.15, -0.1) is 11.3 Å². The quantitative estimate of drug-likeness (QED) is 0.483. The molecular formula is C24H26N4O3S. The number of para-hydroxylation sites is 1. The molecule has 1 saturated heterocycles. The van der Waals surface area contributed by atoms with Crippen molar-refractivity contribution in [3.63, 3.8) is 0 Å². The second-order valence-electron chi connectivity index (χ2n) is 8.02. The van der Waals surface area contributed by atoms with Crippen molar-refractivity contribution in [1.29, 1.82) is 0 Å². The number of aromatic nitrogens is 1. The number of thiazole rings is 1. The summed E-state index contributed by atoms with van der Waals surface area (Å²) in [7, 11) is 0. The van der Waals surface area contributed by atoms with Crippen molar-refractivity contribution in [2.75, 3.05) is 11.9 Å². The van der Waals surface area contributed by atoms with Crippen molar-refractivity contribution in [1.82, 2.24) is 15.2 Å². The number of nitrogens with one attached hydrogen (secondary N) is 2. The third-order valence-electron chi connectivity index (χ3n) is 5.61. The van der Waals surface area contributed by atoms with Gasteiger partial charge in [-0.3, -0.25) is 14.5 Å². The van der Waals surface area contributed by atoms with Gasteiger partial charge in [0.25, 0.3) is 5.91 Å². The topological polar surface area (TPSA) is 91.4 Å². The van der Waals surface area contributed by atoms with Crippen molar-refractivity contribution >= 4 is 45.1 Å². The number of benzene rings is 2. The average molecular weight is 451 g/mol. The summed E-state index contributed by atoms with van der Waals surface area (Å²) in [4.78, 5) is 43.6. The Hall–Kier alpha value is -3.26. The lowest BCUT2D eigenvalue weighted by Crippen LogP contribution is -2.47. The zero-order valence-corrected chi connectivity index (χ0v) is 19.0. The largest absolute Gasteiger partial charge is 0.325 e. The fourth-order valence-electron chi connectivity index (χ4n) is 4.17. The number of carbonyl (C=O) groups excluding carboxylic acids is 3. The Balaban J connectivity index is 1.42. The van der Waals surface area contributed by atoms with Crippen molar-refractivity contribution in [3.8, 4) is 10.6 Å². The Morgan fingerprint density at radius 1 is 1.06 bits per heavy atom. The van der Waals surface area contributed by atoms with Gasteiger partial charge in [-0.05, 0) is 49.2 Å². The molecule has 8 heteroatoms. The molecule has 7 nitrogen and oxygen atoms in total. The number of anilines is 1. The molecular weight excluding hydrogens is 424 g/mol. The molecule has 2 aromatic carbocycles. The van der Waals surface area contributed by atoms with Gasteiger partial charge in [-0.25, -0.2) is 9.78 Å². The van der Waals surface area contributed by atoms with Gasteiger partial charge in [0.1, 0.15) is 17.1 Å². The monoisotopic (exact) mass is 450 g/mol. The Morgan fingerprint density at radius 3 is 2.41 bits per heavy atom. The highest BCUT2D eigenvalue weighted by molar-refractivity contribution is 7.21. The van der Waals surface area contributed by atoms with Gasteiger partial charge < -0.3 is 10.6 Å². The van der Waals surface area contributed by atoms with E-state index in [0.717, 1.165) is 38.5 Å². The van der Waals surface area contributed by atoms with Crippen LogP contribution < -0.4 is 10.6 Å². The SMILES string of the molecule is CCCC1(CCC)NC(=O)N(CC(=O)Nc2ccc(-c3nc4ccccc4s3)cc2)C1=O. The molecule has 0 saturated carbocycles. The molecule has 1 aliphatic heterocycles. The van der Waals surface area contributed by atoms with Crippen molar-refractivity contribution in [2.45, 2.75) is 45.1 Å². The number of urea groups is 1. The van der Waals surface area contributed by atoms with E-state index in [1.165, 1.54) is 0 Å². The summed E-state index contributed by atoms with van der Waals surface area (Å²) < 4.78 is 1.12. The summed E-state index contributed by atoms with van der Waals surface area (Å²) in [6.07, 6.45) is 2.67. The van der Waals surface area contributed by atoms with Gasteiger partial charge in [-0.2, -0.15) is 0 Å². The first-order valence-electron chi connectivity index (χ1n) is 10.9. The molecule has 32 heavy (non-hydrogen) atoms. The van der Waals surface area contributed by atoms with Crippen LogP contribution in [0.2, 0.25) is 0 Å². The highest BCUT2D eigenvalue weighted by Gasteiger charge is 2.50. The van der Waals surface area contributed by atoms with Gasteiger partial charge >= 0.3 is 6.03 Å². The first kappa shape index (κ1) is 22.0. The summed E-state index contributed by atoms with van der Waals surface area (Å²) in [6.45, 7) is 3.65. The summed E-state index contributed by atoms with van der Waals surface area (Å²) in [5, 5.41) is 6.51. The van der Waals surface area contributed by atoms with Gasteiger partial charge in [0.2, 0.25) is 5.91 Å². The number of hydrogen-bond donors (Lipinski definition) is 2. The minimum atomic E-state index is -0.889. The number of fused-ring (bicyclic) bond motifs is 1. The molecule has 4 amide bonds. The minimum absolute atomic E-state index is 0.306. The molecule has 0 unspecified atom stereocenters. The Bertz CT molecular complexity index is 1120. The van der Waals surface area contributed by atoms with Crippen LogP contribution in [0.4, 0.5) is 10.5 Å². The van der Waals surface area contributed by atoms with E-state index < -0.39 is 17.5 Å². The van der Waals surface area contributed by atoms with Crippen LogP contribution in [-0.4, -0.2) is 39.8 Å². The summed E-state index contributed by atoms with van der Waals surface area (Å²) in [5.74, 6) is -0.724. The normalized spacial score (nSPS) is 15.2. The second-order valence-corrected chi connectivity index (χ2v) is 9.05. The van der Waals surface area contributed by atoms with Crippen LogP contribution in [0, 0.1) is 0 Å². The lowest BCUT2D eigenvalue weighted by atomic mass is 9.88. The smallest absolute Gasteiger partial charge is 0.325 e. The maximum atomic E-state index is 12.9. The number of amides is 4. The van der Waals surface area contributed by atoms with Crippen LogP contribution in [0.15, 0.2) is 48.5 Å². The van der Waals surface area contributed by atoms with Crippen molar-refractivity contribution in [3.05, 3.63) is 48.5 Å². The van der Waals surface area contributed by atoms with Crippen molar-refractivity contribution < 1.29 is 14.4 Å². The minimum Gasteiger partial charge on any atom is -0.325 e. The Labute approximate surface area is 190 Å². The van der Waals surface area contributed by atoms with Crippen molar-refractivity contribution in [2.24, 2.45) is 0 Å². The number of imide groups is 1. The Kier molecular flexibility index (Phi) is 6.23. The fourth-order valence-corrected chi connectivity index (χ4v) is 5.14. The van der Waals surface area contributed by atoms with E-state index in [4.69, 9.17) is 0 Å². The third kappa shape index (κ3) is 4.23. The average Bonchev–Trinajstić information content (AvgIpc) is 3.30. The molecule has 2 heterocycles. The van der Waals surface area contributed by atoms with Crippen LogP contribution in [0.5, 0.6) is 0 Å². The standard InChI is InChI=1S/C24H26N4O3S/c1-3-13-24(14-4-2)22(30)28(23(31)27-24)15-20(29)25-17-11-9-16(10-12-17)21-26-18-7-5-6-8-19(18)32-21/h5-12H,3-4,13-15H2,1-2H3,(H,25,29)(H,27,31). The molecule has 166 valence electrons. The lowest BCUT2D eigenvalue weighted by Gasteiger charge is -2.25. The highest BCUT2D eigenvalue weighted by Crippen LogP contribution is 2.31. The molecule has 1 aliphatic rings. The van der Waals surface area contributed by atoms with E-state index in [1.54, 1.807) is 23.5 Å². The number of rotatable bonds is 8. The lowest BCUT2D eigenvalue weighted by molar-refractivity contribution is -0.134. The first-order chi connectivity index (χ1) is 15.5. The fraction of sp³-hybridized carbons (Fsp3) is 0.333. The van der Waals surface area contributed by atoms with E-state index in [9.17, 15) is 14.4 Å². The zero-order chi connectivity index (χ0) is 22.7. The zero-order valence-electron chi connectivity index (χ0n) is 18.2. The maximum absolute atomic E-state index is 12.9. The van der Waals surface area contributed by atoms with E-state index >= 15 is 0 Å². The molecule has 0 bridgehead atoms. The van der Waals surface area contributed by atoms with Gasteiger partial charge in [0.05, 0.1) is 10.2 Å². The predicted molar refractivity (Wildman–Crippen MR) is 126 cm³/mol. The predicted octanol–water partition coefficient (Wildman–Crippen LogP) is 4.79. The van der Waals surface area contributed by atoms with Gasteiger partial charge in [-0.1, -0.05) is 38.8 Å². The molecule has 2 N–H and O–H groups in total. The van der Waals surface area contributed by atoms with E-state index in [-0.39, 0.29) is 12.5 Å². The number of hydrogen-bond acceptors (Lipinski definition) is 5. The van der Waals surface area contributed by atoms with Crippen LogP contribution >= 0.6 is 11.3 Å². The number of nitrogens with zero attached hydrogens (tertiary/aromatic N) is 2. The van der Waals surface area contributed by atoms with Crippen LogP contribution in [0.25, 0.3) is 20.8 Å². The Morgan fingerprint density at radius 2 is 1.75 bits per heavy atom. The molecule has 0 radical (unpaired) electrons. The molecule has 0 aliphatic carbocycles. The molecule has 1 fully saturated rings. The van der Waals surface area contributed by atoms with Gasteiger partial charge in [0.15, 0.2) is 0 Å². The summed E-state index contributed by atoms with van der Waals surface area (Å²) in [6, 6.07) is 14.9. The molecule has 1 aromatic heterocycles. The third-order valence-corrected chi connectivity index (χ3v) is 6.70. The van der Waals surface area contributed by atoms with Crippen LogP contribution in [0.3, 0.4) is 0 Å². The first-order valence-corrected chi connectivity index (χ1v) is 11.7. The summed E-state index contributed by atoms with van der Waals surface area (Å²) in [5.41, 5.74) is 1.63. The summed E-state index contributed by atoms with van der Waals surface area (Å²) >= 11 is 1.61. The highest BCUT2D eigenvalue weighted by atomic mass is 32.1. The van der Waals surface area contributed by atoms with E-state index in [2.05, 4.69) is 15.6 Å². The maximum Gasteiger partial charge on any atom is 0.325 e.